The predicted octanol–water partition coefficient (Wildman–Crippen LogP) is 5.60. The van der Waals surface area contributed by atoms with Gasteiger partial charge in [0.15, 0.2) is 5.17 Å². The molecule has 0 radical (unpaired) electrons. The lowest BCUT2D eigenvalue weighted by molar-refractivity contribution is -0.115. The minimum absolute atomic E-state index is 0.00416. The molecule has 2 aliphatic heterocycles. The molecule has 2 aliphatic rings. The zero-order chi connectivity index (χ0) is 20.6. The number of carbonyl (C=O) groups is 1. The topological polar surface area (TPSA) is 44.7 Å². The molecule has 0 atom stereocenters. The van der Waals surface area contributed by atoms with Crippen molar-refractivity contribution in [2.24, 2.45) is 4.99 Å². The molecule has 0 aromatic heterocycles. The Morgan fingerprint density at radius 3 is 2.66 bits per heavy atom. The van der Waals surface area contributed by atoms with Crippen molar-refractivity contribution >= 4 is 45.9 Å². The number of para-hydroxylation sites is 1. The SMILES string of the molecule is CCN1c2ccc(/C=C3/SC(=Nc4ccccc4)NC3=O)cc2C(C)=CC1(C)C. The maximum absolute atomic E-state index is 12.4. The molecule has 0 saturated carbocycles. The van der Waals surface area contributed by atoms with Crippen LogP contribution in [-0.2, 0) is 4.79 Å². The van der Waals surface area contributed by atoms with E-state index in [9.17, 15) is 4.79 Å². The van der Waals surface area contributed by atoms with Gasteiger partial charge in [-0.25, -0.2) is 4.99 Å². The molecule has 5 heteroatoms. The van der Waals surface area contributed by atoms with Crippen molar-refractivity contribution in [2.45, 2.75) is 33.2 Å². The second kappa shape index (κ2) is 7.56. The summed E-state index contributed by atoms with van der Waals surface area (Å²) in [7, 11) is 0. The van der Waals surface area contributed by atoms with Crippen molar-refractivity contribution in [1.29, 1.82) is 0 Å². The summed E-state index contributed by atoms with van der Waals surface area (Å²) in [5, 5.41) is 3.47. The number of amidine groups is 1. The van der Waals surface area contributed by atoms with E-state index in [0.717, 1.165) is 17.8 Å². The van der Waals surface area contributed by atoms with E-state index in [1.165, 1.54) is 28.6 Å². The molecule has 0 aliphatic carbocycles. The molecule has 29 heavy (non-hydrogen) atoms. The summed E-state index contributed by atoms with van der Waals surface area (Å²) in [5.41, 5.74) is 5.58. The highest BCUT2D eigenvalue weighted by atomic mass is 32.2. The largest absolute Gasteiger partial charge is 0.363 e. The number of thioether (sulfide) groups is 1. The molecule has 4 rings (SSSR count). The van der Waals surface area contributed by atoms with Gasteiger partial charge in [0.2, 0.25) is 0 Å². The van der Waals surface area contributed by atoms with Crippen molar-refractivity contribution in [2.75, 3.05) is 11.4 Å². The van der Waals surface area contributed by atoms with Gasteiger partial charge < -0.3 is 10.2 Å². The fourth-order valence-electron chi connectivity index (χ4n) is 4.02. The van der Waals surface area contributed by atoms with Gasteiger partial charge in [-0.1, -0.05) is 30.3 Å². The monoisotopic (exact) mass is 403 g/mol. The van der Waals surface area contributed by atoms with Gasteiger partial charge in [-0.05, 0) is 80.9 Å². The second-order valence-corrected chi connectivity index (χ2v) is 8.85. The van der Waals surface area contributed by atoms with E-state index in [-0.39, 0.29) is 11.4 Å². The van der Waals surface area contributed by atoms with Crippen molar-refractivity contribution in [1.82, 2.24) is 5.32 Å². The normalized spacial score (nSPS) is 20.6. The highest BCUT2D eigenvalue weighted by Crippen LogP contribution is 2.39. The first-order valence-electron chi connectivity index (χ1n) is 9.83. The van der Waals surface area contributed by atoms with E-state index in [1.54, 1.807) is 0 Å². The Labute approximate surface area is 176 Å². The van der Waals surface area contributed by atoms with Crippen LogP contribution in [0.5, 0.6) is 0 Å². The van der Waals surface area contributed by atoms with E-state index < -0.39 is 0 Å². The van der Waals surface area contributed by atoms with Gasteiger partial charge in [0.25, 0.3) is 5.91 Å². The lowest BCUT2D eigenvalue weighted by Crippen LogP contribution is -2.44. The third kappa shape index (κ3) is 3.87. The number of fused-ring (bicyclic) bond motifs is 1. The van der Waals surface area contributed by atoms with Crippen molar-refractivity contribution in [3.63, 3.8) is 0 Å². The average molecular weight is 404 g/mol. The Balaban J connectivity index is 1.64. The highest BCUT2D eigenvalue weighted by molar-refractivity contribution is 8.18. The lowest BCUT2D eigenvalue weighted by Gasteiger charge is -2.42. The molecule has 148 valence electrons. The summed E-state index contributed by atoms with van der Waals surface area (Å²) < 4.78 is 0. The van der Waals surface area contributed by atoms with Crippen molar-refractivity contribution in [3.05, 3.63) is 70.6 Å². The lowest BCUT2D eigenvalue weighted by atomic mass is 9.88. The summed E-state index contributed by atoms with van der Waals surface area (Å²) >= 11 is 1.38. The smallest absolute Gasteiger partial charge is 0.264 e. The zero-order valence-corrected chi connectivity index (χ0v) is 18.0. The first kappa shape index (κ1) is 19.5. The van der Waals surface area contributed by atoms with Crippen LogP contribution in [0.2, 0.25) is 0 Å². The number of anilines is 1. The molecule has 2 aromatic carbocycles. The number of rotatable bonds is 3. The number of nitrogens with zero attached hydrogens (tertiary/aromatic N) is 2. The summed E-state index contributed by atoms with van der Waals surface area (Å²) in [6, 6.07) is 16.1. The summed E-state index contributed by atoms with van der Waals surface area (Å²) in [4.78, 5) is 20.0. The molecule has 2 aromatic rings. The average Bonchev–Trinajstić information content (AvgIpc) is 3.01. The molecule has 1 amide bonds. The van der Waals surface area contributed by atoms with Gasteiger partial charge in [0.1, 0.15) is 0 Å². The fraction of sp³-hybridized carbons (Fsp3) is 0.250. The summed E-state index contributed by atoms with van der Waals surface area (Å²) in [5.74, 6) is -0.106. The Hall–Kier alpha value is -2.79. The number of likely N-dealkylation sites (N-methyl/N-ethyl adjacent to an activating group) is 1. The van der Waals surface area contributed by atoms with E-state index >= 15 is 0 Å². The minimum Gasteiger partial charge on any atom is -0.363 e. The standard InChI is InChI=1S/C24H25N3OS/c1-5-27-20-12-11-17(13-19(20)16(2)15-24(27,3)4)14-21-22(28)26-23(29-21)25-18-9-7-6-8-10-18/h6-15H,5H2,1-4H3,(H,25,26,28)/b21-14+. The van der Waals surface area contributed by atoms with Crippen LogP contribution < -0.4 is 10.2 Å². The van der Waals surface area contributed by atoms with Crippen LogP contribution >= 0.6 is 11.8 Å². The van der Waals surface area contributed by atoms with E-state index in [0.29, 0.717) is 10.1 Å². The predicted molar refractivity (Wildman–Crippen MR) is 124 cm³/mol. The molecule has 1 fully saturated rings. The van der Waals surface area contributed by atoms with Crippen LogP contribution in [-0.4, -0.2) is 23.2 Å². The van der Waals surface area contributed by atoms with Crippen molar-refractivity contribution < 1.29 is 4.79 Å². The first-order valence-corrected chi connectivity index (χ1v) is 10.7. The zero-order valence-electron chi connectivity index (χ0n) is 17.2. The van der Waals surface area contributed by atoms with Crippen LogP contribution in [0, 0.1) is 0 Å². The Kier molecular flexibility index (Phi) is 5.09. The first-order chi connectivity index (χ1) is 13.9. The second-order valence-electron chi connectivity index (χ2n) is 7.82. The fourth-order valence-corrected chi connectivity index (χ4v) is 4.86. The molecular formula is C24H25N3OS. The maximum Gasteiger partial charge on any atom is 0.264 e. The molecule has 0 unspecified atom stereocenters. The van der Waals surface area contributed by atoms with Gasteiger partial charge in [0, 0.05) is 17.8 Å². The van der Waals surface area contributed by atoms with E-state index in [1.807, 2.05) is 36.4 Å². The van der Waals surface area contributed by atoms with E-state index in [4.69, 9.17) is 0 Å². The van der Waals surface area contributed by atoms with Crippen molar-refractivity contribution in [3.8, 4) is 0 Å². The number of benzene rings is 2. The molecule has 1 saturated heterocycles. The Morgan fingerprint density at radius 2 is 1.93 bits per heavy atom. The third-order valence-corrected chi connectivity index (χ3v) is 6.16. The summed E-state index contributed by atoms with van der Waals surface area (Å²) in [6.45, 7) is 9.77. The Morgan fingerprint density at radius 1 is 1.17 bits per heavy atom. The number of amides is 1. The van der Waals surface area contributed by atoms with Crippen LogP contribution in [0.1, 0.15) is 38.8 Å². The Bertz CT molecular complexity index is 1050. The van der Waals surface area contributed by atoms with Gasteiger partial charge >= 0.3 is 0 Å². The number of nitrogens with one attached hydrogen (secondary N) is 1. The highest BCUT2D eigenvalue weighted by Gasteiger charge is 2.30. The molecule has 2 heterocycles. The van der Waals surface area contributed by atoms with Crippen LogP contribution in [0.15, 0.2) is 64.5 Å². The van der Waals surface area contributed by atoms with Crippen LogP contribution in [0.4, 0.5) is 11.4 Å². The molecule has 4 nitrogen and oxygen atoms in total. The molecule has 0 spiro atoms. The third-order valence-electron chi connectivity index (χ3n) is 5.25. The van der Waals surface area contributed by atoms with Crippen LogP contribution in [0.25, 0.3) is 11.6 Å². The minimum atomic E-state index is -0.106. The number of allylic oxidation sites excluding steroid dienone is 1. The molecular weight excluding hydrogens is 378 g/mol. The van der Waals surface area contributed by atoms with Crippen LogP contribution in [0.3, 0.4) is 0 Å². The quantitative estimate of drug-likeness (QED) is 0.679. The number of carbonyl (C=O) groups excluding carboxylic acids is 1. The van der Waals surface area contributed by atoms with Gasteiger partial charge in [-0.15, -0.1) is 0 Å². The van der Waals surface area contributed by atoms with Gasteiger partial charge in [0.05, 0.1) is 16.1 Å². The van der Waals surface area contributed by atoms with Gasteiger partial charge in [-0.2, -0.15) is 0 Å². The summed E-state index contributed by atoms with van der Waals surface area (Å²) in [6.07, 6.45) is 4.26. The van der Waals surface area contributed by atoms with Gasteiger partial charge in [-0.3, -0.25) is 4.79 Å². The number of aliphatic imine (C=N–C) groups is 1. The van der Waals surface area contributed by atoms with E-state index in [2.05, 4.69) is 67.2 Å². The number of hydrogen-bond donors (Lipinski definition) is 1. The number of hydrogen-bond acceptors (Lipinski definition) is 4. The maximum atomic E-state index is 12.4. The molecule has 0 bridgehead atoms. The molecule has 1 N–H and O–H groups in total.